The molecule has 1 unspecified atom stereocenters. The van der Waals surface area contributed by atoms with Crippen molar-refractivity contribution in [3.05, 3.63) is 76.2 Å². The van der Waals surface area contributed by atoms with E-state index in [1.807, 2.05) is 6.07 Å². The van der Waals surface area contributed by atoms with Gasteiger partial charge in [0.2, 0.25) is 0 Å². The molecular weight excluding hydrogens is 426 g/mol. The van der Waals surface area contributed by atoms with Crippen molar-refractivity contribution in [3.8, 4) is 0 Å². The summed E-state index contributed by atoms with van der Waals surface area (Å²) in [7, 11) is 2.16. The Bertz CT molecular complexity index is 1170. The van der Waals surface area contributed by atoms with Gasteiger partial charge in [-0.25, -0.2) is 13.8 Å². The van der Waals surface area contributed by atoms with E-state index in [1.54, 1.807) is 29.5 Å². The topological polar surface area (TPSA) is 30.9 Å². The molecule has 1 N–H and O–H groups in total. The Kier molecular flexibility index (Phi) is 5.69. The number of amidine groups is 1. The van der Waals surface area contributed by atoms with E-state index in [-0.39, 0.29) is 11.6 Å². The van der Waals surface area contributed by atoms with Crippen LogP contribution in [0.25, 0.3) is 0 Å². The molecular formula is C25H26F2N4S. The van der Waals surface area contributed by atoms with Crippen LogP contribution in [0, 0.1) is 18.6 Å². The second-order valence-electron chi connectivity index (χ2n) is 8.57. The fourth-order valence-corrected chi connectivity index (χ4v) is 5.41. The quantitative estimate of drug-likeness (QED) is 0.552. The van der Waals surface area contributed by atoms with Crippen LogP contribution in [0.15, 0.2) is 53.5 Å². The first-order valence-electron chi connectivity index (χ1n) is 10.9. The first-order valence-corrected chi connectivity index (χ1v) is 11.7. The number of aryl methyl sites for hydroxylation is 2. The molecule has 0 saturated carbocycles. The van der Waals surface area contributed by atoms with Gasteiger partial charge in [-0.3, -0.25) is 4.90 Å². The Morgan fingerprint density at radius 3 is 2.78 bits per heavy atom. The second kappa shape index (κ2) is 8.64. The predicted octanol–water partition coefficient (Wildman–Crippen LogP) is 5.72. The molecule has 2 aliphatic rings. The number of halogens is 2. The number of nitrogens with zero attached hydrogens (tertiary/aromatic N) is 3. The number of anilines is 2. The summed E-state index contributed by atoms with van der Waals surface area (Å²) in [6.45, 7) is 4.72. The van der Waals surface area contributed by atoms with Gasteiger partial charge in [-0.2, -0.15) is 0 Å². The molecule has 3 aromatic rings. The Morgan fingerprint density at radius 2 is 1.94 bits per heavy atom. The minimum atomic E-state index is -0.276. The summed E-state index contributed by atoms with van der Waals surface area (Å²) in [5.74, 6) is 0.477. The molecule has 7 heteroatoms. The molecule has 0 bridgehead atoms. The summed E-state index contributed by atoms with van der Waals surface area (Å²) in [6, 6.07) is 14.1. The number of hydrogen-bond donors (Lipinski definition) is 1. The lowest BCUT2D eigenvalue weighted by atomic mass is 10.0. The highest BCUT2D eigenvalue weighted by atomic mass is 32.1. The van der Waals surface area contributed by atoms with Crippen molar-refractivity contribution in [1.82, 2.24) is 9.80 Å². The molecule has 0 radical (unpaired) electrons. The second-order valence-corrected chi connectivity index (χ2v) is 9.83. The van der Waals surface area contributed by atoms with Crippen molar-refractivity contribution in [2.75, 3.05) is 32.0 Å². The molecule has 1 aromatic heterocycles. The highest BCUT2D eigenvalue weighted by molar-refractivity contribution is 7.16. The van der Waals surface area contributed by atoms with Gasteiger partial charge in [0.15, 0.2) is 0 Å². The van der Waals surface area contributed by atoms with E-state index < -0.39 is 0 Å². The van der Waals surface area contributed by atoms with Gasteiger partial charge in [-0.15, -0.1) is 11.3 Å². The Hall–Kier alpha value is -2.77. The van der Waals surface area contributed by atoms with Gasteiger partial charge in [-0.05, 0) is 68.8 Å². The summed E-state index contributed by atoms with van der Waals surface area (Å²) in [5, 5.41) is 4.40. The van der Waals surface area contributed by atoms with Crippen LogP contribution in [-0.2, 0) is 6.42 Å². The zero-order valence-corrected chi connectivity index (χ0v) is 19.1. The average Bonchev–Trinajstić information content (AvgIpc) is 3.05. The van der Waals surface area contributed by atoms with Gasteiger partial charge < -0.3 is 10.2 Å². The third kappa shape index (κ3) is 4.27. The normalized spacial score (nSPS) is 18.4. The maximum absolute atomic E-state index is 13.9. The van der Waals surface area contributed by atoms with Crippen molar-refractivity contribution in [2.45, 2.75) is 25.8 Å². The Morgan fingerprint density at radius 1 is 1.09 bits per heavy atom. The number of nitrogens with one attached hydrogen (secondary N) is 1. The molecule has 2 aliphatic heterocycles. The Balaban J connectivity index is 1.42. The van der Waals surface area contributed by atoms with E-state index in [9.17, 15) is 8.78 Å². The average molecular weight is 453 g/mol. The summed E-state index contributed by atoms with van der Waals surface area (Å²) >= 11 is 1.66. The van der Waals surface area contributed by atoms with Crippen LogP contribution < -0.4 is 5.32 Å². The van der Waals surface area contributed by atoms with Gasteiger partial charge >= 0.3 is 0 Å². The molecule has 32 heavy (non-hydrogen) atoms. The summed E-state index contributed by atoms with van der Waals surface area (Å²) in [4.78, 5) is 10.9. The monoisotopic (exact) mass is 452 g/mol. The number of piperazine rings is 1. The largest absolute Gasteiger partial charge is 0.353 e. The van der Waals surface area contributed by atoms with E-state index >= 15 is 0 Å². The van der Waals surface area contributed by atoms with Crippen LogP contribution in [0.4, 0.5) is 25.2 Å². The highest BCUT2D eigenvalue weighted by Crippen LogP contribution is 2.39. The highest BCUT2D eigenvalue weighted by Gasteiger charge is 2.30. The zero-order chi connectivity index (χ0) is 22.2. The summed E-state index contributed by atoms with van der Waals surface area (Å²) < 4.78 is 27.5. The summed E-state index contributed by atoms with van der Waals surface area (Å²) in [6.07, 6.45) is 1.78. The van der Waals surface area contributed by atoms with Crippen LogP contribution in [0.1, 0.15) is 22.4 Å². The molecule has 0 aliphatic carbocycles. The molecule has 3 heterocycles. The van der Waals surface area contributed by atoms with Gasteiger partial charge in [0, 0.05) is 30.6 Å². The smallest absolute Gasteiger partial charge is 0.139 e. The fraction of sp³-hybridized carbons (Fsp3) is 0.320. The maximum Gasteiger partial charge on any atom is 0.139 e. The number of aliphatic imine (C=N–C) groups is 1. The number of rotatable bonds is 3. The number of benzene rings is 2. The SMILES string of the molecule is Cc1cc2c(s1)Nc1cc(F)ccc1N=C2N1CCN(C)C(CCc2cccc(F)c2)C1. The lowest BCUT2D eigenvalue weighted by Crippen LogP contribution is -2.53. The van der Waals surface area contributed by atoms with E-state index in [0.717, 1.165) is 60.1 Å². The molecule has 166 valence electrons. The number of fused-ring (bicyclic) bond motifs is 2. The van der Waals surface area contributed by atoms with Crippen LogP contribution >= 0.6 is 11.3 Å². The standard InChI is InChI=1S/C25H26F2N4S/c1-16-12-21-24(28-22-9-7-19(27)14-23(22)29-25(21)32-16)31-11-10-30(2)20(15-31)8-6-17-4-3-5-18(26)13-17/h3-5,7,9,12-14,20,29H,6,8,10-11,15H2,1-2H3. The molecule has 1 fully saturated rings. The van der Waals surface area contributed by atoms with E-state index in [4.69, 9.17) is 4.99 Å². The molecule has 1 saturated heterocycles. The number of thiophene rings is 1. The van der Waals surface area contributed by atoms with Gasteiger partial charge in [-0.1, -0.05) is 12.1 Å². The van der Waals surface area contributed by atoms with Crippen LogP contribution in [0.2, 0.25) is 0 Å². The summed E-state index contributed by atoms with van der Waals surface area (Å²) in [5.41, 5.74) is 3.54. The third-order valence-corrected chi connectivity index (χ3v) is 7.23. The van der Waals surface area contributed by atoms with Crippen molar-refractivity contribution < 1.29 is 8.78 Å². The zero-order valence-electron chi connectivity index (χ0n) is 18.2. The van der Waals surface area contributed by atoms with Gasteiger partial charge in [0.1, 0.15) is 22.5 Å². The van der Waals surface area contributed by atoms with Crippen molar-refractivity contribution in [2.24, 2.45) is 4.99 Å². The lowest BCUT2D eigenvalue weighted by molar-refractivity contribution is 0.134. The maximum atomic E-state index is 13.9. The molecule has 1 atom stereocenters. The molecule has 0 spiro atoms. The fourth-order valence-electron chi connectivity index (χ4n) is 4.49. The van der Waals surface area contributed by atoms with Crippen molar-refractivity contribution >= 4 is 33.5 Å². The van der Waals surface area contributed by atoms with E-state index in [0.29, 0.717) is 11.7 Å². The first kappa shape index (κ1) is 21.1. The number of likely N-dealkylation sites (N-methyl/N-ethyl adjacent to an activating group) is 1. The molecule has 4 nitrogen and oxygen atoms in total. The van der Waals surface area contributed by atoms with Crippen LogP contribution in [0.3, 0.4) is 0 Å². The predicted molar refractivity (Wildman–Crippen MR) is 128 cm³/mol. The molecule has 2 aromatic carbocycles. The molecule has 5 rings (SSSR count). The van der Waals surface area contributed by atoms with E-state index in [1.165, 1.54) is 23.1 Å². The minimum Gasteiger partial charge on any atom is -0.353 e. The minimum absolute atomic E-state index is 0.183. The van der Waals surface area contributed by atoms with Gasteiger partial charge in [0.25, 0.3) is 0 Å². The third-order valence-electron chi connectivity index (χ3n) is 6.26. The van der Waals surface area contributed by atoms with Crippen molar-refractivity contribution in [1.29, 1.82) is 0 Å². The number of hydrogen-bond acceptors (Lipinski definition) is 5. The van der Waals surface area contributed by atoms with Gasteiger partial charge in [0.05, 0.1) is 16.9 Å². The molecule has 0 amide bonds. The van der Waals surface area contributed by atoms with Crippen LogP contribution in [-0.4, -0.2) is 48.4 Å². The van der Waals surface area contributed by atoms with Crippen LogP contribution in [0.5, 0.6) is 0 Å². The Labute approximate surface area is 191 Å². The van der Waals surface area contributed by atoms with E-state index in [2.05, 4.69) is 35.2 Å². The van der Waals surface area contributed by atoms with Crippen molar-refractivity contribution in [3.63, 3.8) is 0 Å². The first-order chi connectivity index (χ1) is 15.5. The lowest BCUT2D eigenvalue weighted by Gasteiger charge is -2.41.